The number of halogens is 1. The third-order valence-corrected chi connectivity index (χ3v) is 6.16. The largest absolute Gasteiger partial charge is 0.379 e. The number of ether oxygens (including phenoxy) is 1. The van der Waals surface area contributed by atoms with Crippen molar-refractivity contribution >= 4 is 34.0 Å². The highest BCUT2D eigenvalue weighted by Crippen LogP contribution is 2.17. The van der Waals surface area contributed by atoms with Gasteiger partial charge in [-0.1, -0.05) is 30.3 Å². The number of hydrogen-bond acceptors (Lipinski definition) is 5. The van der Waals surface area contributed by atoms with Gasteiger partial charge in [-0.05, 0) is 29.8 Å². The summed E-state index contributed by atoms with van der Waals surface area (Å²) >= 11 is 0. The van der Waals surface area contributed by atoms with Crippen LogP contribution in [0.15, 0.2) is 59.5 Å². The molecule has 0 aliphatic carbocycles. The molecule has 1 amide bonds. The normalized spacial score (nSPS) is 14.7. The van der Waals surface area contributed by atoms with Gasteiger partial charge in [0, 0.05) is 25.3 Å². The number of para-hydroxylation sites is 1. The van der Waals surface area contributed by atoms with Crippen molar-refractivity contribution in [2.45, 2.75) is 11.4 Å². The van der Waals surface area contributed by atoms with Gasteiger partial charge >= 0.3 is 0 Å². The van der Waals surface area contributed by atoms with Crippen LogP contribution in [0, 0.1) is 0 Å². The van der Waals surface area contributed by atoms with Gasteiger partial charge in [0.15, 0.2) is 0 Å². The molecular formula is C19H24ClN3O4S. The molecule has 0 spiro atoms. The molecule has 1 aliphatic heterocycles. The monoisotopic (exact) mass is 425 g/mol. The van der Waals surface area contributed by atoms with E-state index in [0.717, 1.165) is 11.3 Å². The minimum atomic E-state index is -3.49. The zero-order chi connectivity index (χ0) is 19.1. The molecule has 9 heteroatoms. The lowest BCUT2D eigenvalue weighted by molar-refractivity contribution is -0.119. The summed E-state index contributed by atoms with van der Waals surface area (Å²) in [6, 6.07) is 16.1. The number of hydrogen-bond donors (Lipinski definition) is 2. The average Bonchev–Trinajstić information content (AvgIpc) is 2.72. The Bertz CT molecular complexity index is 855. The van der Waals surface area contributed by atoms with Crippen molar-refractivity contribution in [2.24, 2.45) is 0 Å². The van der Waals surface area contributed by atoms with Gasteiger partial charge in [0.05, 0.1) is 24.7 Å². The van der Waals surface area contributed by atoms with Gasteiger partial charge in [0.25, 0.3) is 0 Å². The molecule has 0 atom stereocenters. The molecule has 1 heterocycles. The van der Waals surface area contributed by atoms with Crippen LogP contribution in [0.2, 0.25) is 0 Å². The topological polar surface area (TPSA) is 87.7 Å². The summed E-state index contributed by atoms with van der Waals surface area (Å²) in [5.41, 5.74) is 1.72. The molecule has 2 aromatic carbocycles. The van der Waals surface area contributed by atoms with Crippen molar-refractivity contribution in [2.75, 3.05) is 38.2 Å². The number of anilines is 1. The van der Waals surface area contributed by atoms with Crippen LogP contribution < -0.4 is 10.6 Å². The SMILES string of the molecule is Cl.O=C(CNc1ccccc1)NCc1ccc(S(=O)(=O)N2CCOCC2)cc1. The van der Waals surface area contributed by atoms with Crippen molar-refractivity contribution in [1.29, 1.82) is 0 Å². The van der Waals surface area contributed by atoms with E-state index in [1.165, 1.54) is 4.31 Å². The third kappa shape index (κ3) is 5.93. The summed E-state index contributed by atoms with van der Waals surface area (Å²) in [7, 11) is -3.49. The molecule has 0 saturated carbocycles. The maximum atomic E-state index is 12.6. The van der Waals surface area contributed by atoms with Crippen molar-refractivity contribution < 1.29 is 17.9 Å². The van der Waals surface area contributed by atoms with E-state index in [1.807, 2.05) is 30.3 Å². The zero-order valence-electron chi connectivity index (χ0n) is 15.3. The average molecular weight is 426 g/mol. The molecule has 1 aliphatic rings. The number of amides is 1. The quantitative estimate of drug-likeness (QED) is 0.707. The summed E-state index contributed by atoms with van der Waals surface area (Å²) in [4.78, 5) is 12.2. The molecule has 1 fully saturated rings. The molecule has 0 radical (unpaired) electrons. The molecule has 28 heavy (non-hydrogen) atoms. The highest BCUT2D eigenvalue weighted by Gasteiger charge is 2.26. The van der Waals surface area contributed by atoms with E-state index < -0.39 is 10.0 Å². The second kappa shape index (κ2) is 10.4. The van der Waals surface area contributed by atoms with Crippen molar-refractivity contribution in [1.82, 2.24) is 9.62 Å². The molecule has 1 saturated heterocycles. The van der Waals surface area contributed by atoms with Gasteiger partial charge in [-0.25, -0.2) is 8.42 Å². The van der Waals surface area contributed by atoms with Crippen LogP contribution in [0.3, 0.4) is 0 Å². The molecule has 0 unspecified atom stereocenters. The van der Waals surface area contributed by atoms with Crippen LogP contribution >= 0.6 is 12.4 Å². The highest BCUT2D eigenvalue weighted by molar-refractivity contribution is 7.89. The van der Waals surface area contributed by atoms with Gasteiger partial charge in [-0.2, -0.15) is 4.31 Å². The number of carbonyl (C=O) groups excluding carboxylic acids is 1. The second-order valence-electron chi connectivity index (χ2n) is 6.16. The first-order valence-corrected chi connectivity index (χ1v) is 10.2. The van der Waals surface area contributed by atoms with Crippen LogP contribution in [-0.2, 0) is 26.1 Å². The standard InChI is InChI=1S/C19H23N3O4S.ClH/c23-19(15-20-17-4-2-1-3-5-17)21-14-16-6-8-18(9-7-16)27(24,25)22-10-12-26-13-11-22;/h1-9,20H,10-15H2,(H,21,23);1H. The number of benzene rings is 2. The Balaban J connectivity index is 0.00000280. The third-order valence-electron chi connectivity index (χ3n) is 4.25. The van der Waals surface area contributed by atoms with Gasteiger partial charge in [0.2, 0.25) is 15.9 Å². The fourth-order valence-corrected chi connectivity index (χ4v) is 4.12. The van der Waals surface area contributed by atoms with Crippen molar-refractivity contribution in [3.05, 3.63) is 60.2 Å². The molecule has 7 nitrogen and oxygen atoms in total. The number of morpholine rings is 1. The number of carbonyl (C=O) groups is 1. The minimum Gasteiger partial charge on any atom is -0.379 e. The van der Waals surface area contributed by atoms with Gasteiger partial charge in [0.1, 0.15) is 0 Å². The van der Waals surface area contributed by atoms with E-state index in [0.29, 0.717) is 32.8 Å². The molecule has 0 bridgehead atoms. The summed E-state index contributed by atoms with van der Waals surface area (Å²) in [6.45, 7) is 2.09. The Morgan fingerprint density at radius 2 is 1.64 bits per heavy atom. The predicted octanol–water partition coefficient (Wildman–Crippen LogP) is 1.86. The van der Waals surface area contributed by atoms with Crippen molar-refractivity contribution in [3.63, 3.8) is 0 Å². The van der Waals surface area contributed by atoms with Gasteiger partial charge in [-0.15, -0.1) is 12.4 Å². The molecule has 152 valence electrons. The molecule has 3 rings (SSSR count). The lowest BCUT2D eigenvalue weighted by Crippen LogP contribution is -2.40. The highest BCUT2D eigenvalue weighted by atomic mass is 35.5. The first-order valence-electron chi connectivity index (χ1n) is 8.78. The summed E-state index contributed by atoms with van der Waals surface area (Å²) in [5.74, 6) is -0.135. The van der Waals surface area contributed by atoms with E-state index in [-0.39, 0.29) is 29.8 Å². The number of nitrogens with zero attached hydrogens (tertiary/aromatic N) is 1. The molecular weight excluding hydrogens is 402 g/mol. The summed E-state index contributed by atoms with van der Waals surface area (Å²) in [5, 5.41) is 5.85. The molecule has 0 aromatic heterocycles. The summed E-state index contributed by atoms with van der Waals surface area (Å²) < 4.78 is 31.8. The lowest BCUT2D eigenvalue weighted by Gasteiger charge is -2.26. The maximum Gasteiger partial charge on any atom is 0.243 e. The fourth-order valence-electron chi connectivity index (χ4n) is 2.72. The first-order chi connectivity index (χ1) is 13.1. The van der Waals surface area contributed by atoms with Gasteiger partial charge < -0.3 is 15.4 Å². The van der Waals surface area contributed by atoms with Crippen LogP contribution in [0.1, 0.15) is 5.56 Å². The zero-order valence-corrected chi connectivity index (χ0v) is 17.0. The van der Waals surface area contributed by atoms with Crippen LogP contribution in [0.4, 0.5) is 5.69 Å². The Kier molecular flexibility index (Phi) is 8.25. The Labute approximate surface area is 171 Å². The smallest absolute Gasteiger partial charge is 0.243 e. The molecule has 2 N–H and O–H groups in total. The summed E-state index contributed by atoms with van der Waals surface area (Å²) in [6.07, 6.45) is 0. The Morgan fingerprint density at radius 3 is 2.29 bits per heavy atom. The van der Waals surface area contributed by atoms with E-state index in [9.17, 15) is 13.2 Å². The minimum absolute atomic E-state index is 0. The Morgan fingerprint density at radius 1 is 1.00 bits per heavy atom. The van der Waals surface area contributed by atoms with E-state index in [2.05, 4.69) is 10.6 Å². The number of nitrogens with one attached hydrogen (secondary N) is 2. The van der Waals surface area contributed by atoms with Crippen LogP contribution in [0.25, 0.3) is 0 Å². The second-order valence-corrected chi connectivity index (χ2v) is 8.09. The number of rotatable bonds is 7. The first kappa shape index (κ1) is 22.2. The molecule has 2 aromatic rings. The number of sulfonamides is 1. The lowest BCUT2D eigenvalue weighted by atomic mass is 10.2. The maximum absolute atomic E-state index is 12.6. The van der Waals surface area contributed by atoms with Crippen LogP contribution in [0.5, 0.6) is 0 Å². The van der Waals surface area contributed by atoms with Crippen LogP contribution in [-0.4, -0.2) is 51.5 Å². The van der Waals surface area contributed by atoms with Gasteiger partial charge in [-0.3, -0.25) is 4.79 Å². The van der Waals surface area contributed by atoms with Crippen molar-refractivity contribution in [3.8, 4) is 0 Å². The Hall–Kier alpha value is -2.13. The predicted molar refractivity (Wildman–Crippen MR) is 110 cm³/mol. The fraction of sp³-hybridized carbons (Fsp3) is 0.316. The van der Waals surface area contributed by atoms with E-state index in [4.69, 9.17) is 4.74 Å². The van der Waals surface area contributed by atoms with E-state index >= 15 is 0 Å². The van der Waals surface area contributed by atoms with E-state index in [1.54, 1.807) is 24.3 Å².